The quantitative estimate of drug-likeness (QED) is 0.124. The maximum Gasteiger partial charge on any atom is 0.264 e. The zero-order valence-corrected chi connectivity index (χ0v) is 30.0. The van der Waals surface area contributed by atoms with Crippen LogP contribution in [-0.2, 0) is 32.6 Å². The van der Waals surface area contributed by atoms with Gasteiger partial charge in [0.25, 0.3) is 10.0 Å². The van der Waals surface area contributed by atoms with Crippen molar-refractivity contribution >= 4 is 50.9 Å². The van der Waals surface area contributed by atoms with Gasteiger partial charge in [0.15, 0.2) is 0 Å². The minimum atomic E-state index is -4.29. The molecule has 8 nitrogen and oxygen atoms in total. The number of halogens is 1. The number of nitrogens with one attached hydrogen (secondary N) is 1. The van der Waals surface area contributed by atoms with Crippen LogP contribution in [0.3, 0.4) is 0 Å². The highest BCUT2D eigenvalue weighted by Gasteiger charge is 2.36. The van der Waals surface area contributed by atoms with Crippen LogP contribution in [0.5, 0.6) is 5.75 Å². The maximum atomic E-state index is 14.7. The molecule has 0 aliphatic heterocycles. The Morgan fingerprint density at radius 1 is 0.896 bits per heavy atom. The zero-order valence-electron chi connectivity index (χ0n) is 27.6. The fourth-order valence-electron chi connectivity index (χ4n) is 5.13. The van der Waals surface area contributed by atoms with Crippen molar-refractivity contribution in [1.29, 1.82) is 0 Å². The minimum absolute atomic E-state index is 0.0205. The van der Waals surface area contributed by atoms with Gasteiger partial charge in [0.1, 0.15) is 18.3 Å². The Hall–Kier alpha value is -3.99. The molecule has 2 atom stereocenters. The fraction of sp³-hybridized carbons (Fsp3) is 0.297. The van der Waals surface area contributed by atoms with E-state index in [0.717, 1.165) is 14.8 Å². The zero-order chi connectivity index (χ0) is 34.7. The second-order valence-electron chi connectivity index (χ2n) is 11.2. The number of rotatable bonds is 16. The van der Waals surface area contributed by atoms with E-state index in [1.54, 1.807) is 61.5 Å². The second-order valence-corrected chi connectivity index (χ2v) is 14.4. The fourth-order valence-corrected chi connectivity index (χ4v) is 7.16. The molecule has 4 aromatic carbocycles. The summed E-state index contributed by atoms with van der Waals surface area (Å²) in [6, 6.07) is 28.7. The number of thioether (sulfide) groups is 1. The average molecular weight is 708 g/mol. The molecule has 0 aliphatic rings. The molecule has 0 saturated carbocycles. The molecule has 2 amide bonds. The number of sulfonamides is 1. The highest BCUT2D eigenvalue weighted by atomic mass is 35.5. The lowest BCUT2D eigenvalue weighted by Gasteiger charge is -2.34. The van der Waals surface area contributed by atoms with Crippen LogP contribution >= 0.6 is 23.4 Å². The van der Waals surface area contributed by atoms with E-state index in [4.69, 9.17) is 16.3 Å². The van der Waals surface area contributed by atoms with E-state index < -0.39 is 28.5 Å². The Labute approximate surface area is 293 Å². The molecule has 0 bridgehead atoms. The number of nitrogens with zero attached hydrogens (tertiary/aromatic N) is 2. The second kappa shape index (κ2) is 17.4. The van der Waals surface area contributed by atoms with Gasteiger partial charge in [0.2, 0.25) is 11.8 Å². The van der Waals surface area contributed by atoms with Crippen LogP contribution in [0.1, 0.15) is 38.3 Å². The number of hydrogen-bond acceptors (Lipinski definition) is 6. The van der Waals surface area contributed by atoms with Crippen molar-refractivity contribution in [3.8, 4) is 5.75 Å². The summed E-state index contributed by atoms with van der Waals surface area (Å²) in [5.74, 6) is -0.610. The maximum absolute atomic E-state index is 14.7. The molecule has 1 N–H and O–H groups in total. The van der Waals surface area contributed by atoms with E-state index >= 15 is 0 Å². The van der Waals surface area contributed by atoms with Crippen LogP contribution < -0.4 is 14.4 Å². The summed E-state index contributed by atoms with van der Waals surface area (Å²) in [5, 5.41) is 3.47. The SMILES string of the molecule is CCOc1ccccc1N(CC(=O)N(Cc1ccccc1Cl)[C@H](Cc1ccccc1)C(=O)N[C@H](C)CC)S(=O)(=O)c1ccc(SC)cc1. The first-order valence-electron chi connectivity index (χ1n) is 15.8. The Morgan fingerprint density at radius 3 is 2.19 bits per heavy atom. The van der Waals surface area contributed by atoms with E-state index in [1.165, 1.54) is 28.8 Å². The van der Waals surface area contributed by atoms with Crippen molar-refractivity contribution in [3.05, 3.63) is 119 Å². The topological polar surface area (TPSA) is 96.0 Å². The predicted molar refractivity (Wildman–Crippen MR) is 194 cm³/mol. The van der Waals surface area contributed by atoms with Gasteiger partial charge in [-0.25, -0.2) is 8.42 Å². The molecule has 0 saturated heterocycles. The van der Waals surface area contributed by atoms with Gasteiger partial charge in [-0.15, -0.1) is 11.8 Å². The van der Waals surface area contributed by atoms with Crippen molar-refractivity contribution in [3.63, 3.8) is 0 Å². The first-order chi connectivity index (χ1) is 23.1. The summed E-state index contributed by atoms with van der Waals surface area (Å²) in [5.41, 5.74) is 1.68. The molecule has 0 fully saturated rings. The molecule has 48 heavy (non-hydrogen) atoms. The first kappa shape index (κ1) is 36.8. The molecule has 0 heterocycles. The van der Waals surface area contributed by atoms with Gasteiger partial charge in [0, 0.05) is 28.9 Å². The number of carbonyl (C=O) groups excluding carboxylic acids is 2. The lowest BCUT2D eigenvalue weighted by atomic mass is 10.0. The van der Waals surface area contributed by atoms with Crippen LogP contribution in [0.4, 0.5) is 5.69 Å². The van der Waals surface area contributed by atoms with Crippen LogP contribution in [0, 0.1) is 0 Å². The monoisotopic (exact) mass is 707 g/mol. The molecule has 0 aliphatic carbocycles. The summed E-state index contributed by atoms with van der Waals surface area (Å²) >= 11 is 8.09. The Morgan fingerprint density at radius 2 is 1.54 bits per heavy atom. The third-order valence-electron chi connectivity index (χ3n) is 7.93. The lowest BCUT2D eigenvalue weighted by molar-refractivity contribution is -0.140. The van der Waals surface area contributed by atoms with Crippen molar-refractivity contribution in [2.24, 2.45) is 0 Å². The van der Waals surface area contributed by atoms with Crippen LogP contribution in [0.2, 0.25) is 5.02 Å². The van der Waals surface area contributed by atoms with Gasteiger partial charge in [-0.05, 0) is 80.1 Å². The van der Waals surface area contributed by atoms with Gasteiger partial charge in [-0.2, -0.15) is 0 Å². The van der Waals surface area contributed by atoms with Crippen LogP contribution in [0.15, 0.2) is 113 Å². The molecule has 0 unspecified atom stereocenters. The Bertz CT molecular complexity index is 1770. The Kier molecular flexibility index (Phi) is 13.4. The largest absolute Gasteiger partial charge is 0.492 e. The van der Waals surface area contributed by atoms with Crippen molar-refractivity contribution in [1.82, 2.24) is 10.2 Å². The van der Waals surface area contributed by atoms with E-state index in [2.05, 4.69) is 5.32 Å². The molecular formula is C37H42ClN3O5S2. The van der Waals surface area contributed by atoms with Gasteiger partial charge >= 0.3 is 0 Å². The standard InChI is InChI=1S/C37H42ClN3O5S2/c1-5-27(3)39-37(43)34(24-28-14-8-7-9-15-28)40(25-29-16-10-11-17-32(29)38)36(42)26-41(33-18-12-13-19-35(33)46-6-2)48(44,45)31-22-20-30(47-4)21-23-31/h7-23,27,34H,5-6,24-26H2,1-4H3,(H,39,43)/t27-,34-/m1/s1. The average Bonchev–Trinajstić information content (AvgIpc) is 3.10. The smallest absolute Gasteiger partial charge is 0.264 e. The van der Waals surface area contributed by atoms with Crippen molar-refractivity contribution in [2.75, 3.05) is 23.7 Å². The molecule has 0 aromatic heterocycles. The van der Waals surface area contributed by atoms with Crippen LogP contribution in [0.25, 0.3) is 0 Å². The number of hydrogen-bond donors (Lipinski definition) is 1. The number of para-hydroxylation sites is 2. The normalized spacial score (nSPS) is 12.5. The molecule has 4 rings (SSSR count). The molecule has 0 spiro atoms. The summed E-state index contributed by atoms with van der Waals surface area (Å²) in [4.78, 5) is 31.1. The van der Waals surface area contributed by atoms with E-state index in [1.807, 2.05) is 56.5 Å². The molecule has 254 valence electrons. The Balaban J connectivity index is 1.85. The van der Waals surface area contributed by atoms with E-state index in [0.29, 0.717) is 22.8 Å². The molecule has 11 heteroatoms. The van der Waals surface area contributed by atoms with Gasteiger partial charge in [0.05, 0.1) is 17.2 Å². The van der Waals surface area contributed by atoms with Crippen molar-refractivity contribution < 1.29 is 22.7 Å². The summed E-state index contributed by atoms with van der Waals surface area (Å²) in [6.07, 6.45) is 2.80. The van der Waals surface area contributed by atoms with Gasteiger partial charge < -0.3 is 15.0 Å². The molecule has 4 aromatic rings. The highest BCUT2D eigenvalue weighted by molar-refractivity contribution is 7.98. The van der Waals surface area contributed by atoms with Crippen molar-refractivity contribution in [2.45, 2.75) is 62.0 Å². The van der Waals surface area contributed by atoms with Gasteiger partial charge in [-0.3, -0.25) is 13.9 Å². The third kappa shape index (κ3) is 9.33. The number of amides is 2. The third-order valence-corrected chi connectivity index (χ3v) is 10.8. The molecular weight excluding hydrogens is 666 g/mol. The molecule has 0 radical (unpaired) electrons. The van der Waals surface area contributed by atoms with E-state index in [-0.39, 0.29) is 42.1 Å². The first-order valence-corrected chi connectivity index (χ1v) is 18.9. The number of anilines is 1. The number of benzene rings is 4. The predicted octanol–water partition coefficient (Wildman–Crippen LogP) is 7.21. The van der Waals surface area contributed by atoms with Crippen LogP contribution in [-0.4, -0.2) is 56.6 Å². The van der Waals surface area contributed by atoms with Gasteiger partial charge in [-0.1, -0.05) is 79.2 Å². The lowest BCUT2D eigenvalue weighted by Crippen LogP contribution is -2.54. The summed E-state index contributed by atoms with van der Waals surface area (Å²) < 4.78 is 35.8. The number of ether oxygens (including phenoxy) is 1. The summed E-state index contributed by atoms with van der Waals surface area (Å²) in [6.45, 7) is 5.34. The number of carbonyl (C=O) groups is 2. The highest BCUT2D eigenvalue weighted by Crippen LogP contribution is 2.33. The minimum Gasteiger partial charge on any atom is -0.492 e. The van der Waals surface area contributed by atoms with E-state index in [9.17, 15) is 18.0 Å². The summed E-state index contributed by atoms with van der Waals surface area (Å²) in [7, 11) is -4.29.